The summed E-state index contributed by atoms with van der Waals surface area (Å²) in [6.07, 6.45) is 4.79. The Morgan fingerprint density at radius 3 is 2.57 bits per heavy atom. The molecule has 3 heteroatoms. The van der Waals surface area contributed by atoms with Gasteiger partial charge in [0.15, 0.2) is 0 Å². The Labute approximate surface area is 85.7 Å². The smallest absolute Gasteiger partial charge is 0.304 e. The van der Waals surface area contributed by atoms with Gasteiger partial charge in [-0.15, -0.1) is 0 Å². The van der Waals surface area contributed by atoms with E-state index in [1.54, 1.807) is 0 Å². The van der Waals surface area contributed by atoms with Crippen molar-refractivity contribution in [1.82, 2.24) is 0 Å². The lowest BCUT2D eigenvalue weighted by molar-refractivity contribution is -0.137. The first-order chi connectivity index (χ1) is 6.39. The summed E-state index contributed by atoms with van der Waals surface area (Å²) in [4.78, 5) is 10.5. The van der Waals surface area contributed by atoms with Crippen LogP contribution in [-0.2, 0) is 4.79 Å². The van der Waals surface area contributed by atoms with Crippen molar-refractivity contribution < 1.29 is 9.90 Å². The van der Waals surface area contributed by atoms with Crippen LogP contribution in [0.2, 0.25) is 0 Å². The van der Waals surface area contributed by atoms with E-state index in [9.17, 15) is 4.79 Å². The number of rotatable bonds is 6. The second-order valence-corrected chi connectivity index (χ2v) is 5.37. The van der Waals surface area contributed by atoms with Gasteiger partial charge in [0.2, 0.25) is 0 Å². The monoisotopic (exact) mass is 199 g/mol. The molecule has 0 heterocycles. The fraction of sp³-hybridized carbons (Fsp3) is 0.909. The summed E-state index contributed by atoms with van der Waals surface area (Å²) in [5, 5.41) is 8.59. The molecule has 0 spiro atoms. The average molecular weight is 199 g/mol. The molecule has 1 atom stereocenters. The molecule has 14 heavy (non-hydrogen) atoms. The fourth-order valence-electron chi connectivity index (χ4n) is 2.19. The van der Waals surface area contributed by atoms with Gasteiger partial charge in [-0.05, 0) is 24.2 Å². The quantitative estimate of drug-likeness (QED) is 0.687. The van der Waals surface area contributed by atoms with Crippen molar-refractivity contribution in [3.05, 3.63) is 0 Å². The molecular weight excluding hydrogens is 178 g/mol. The maximum absolute atomic E-state index is 10.5. The molecule has 82 valence electrons. The van der Waals surface area contributed by atoms with Gasteiger partial charge in [0, 0.05) is 6.04 Å². The molecule has 1 saturated carbocycles. The summed E-state index contributed by atoms with van der Waals surface area (Å²) >= 11 is 0. The first-order valence-electron chi connectivity index (χ1n) is 5.36. The summed E-state index contributed by atoms with van der Waals surface area (Å²) in [6.45, 7) is 4.38. The largest absolute Gasteiger partial charge is 0.481 e. The van der Waals surface area contributed by atoms with Crippen molar-refractivity contribution in [3.63, 3.8) is 0 Å². The SMILES string of the molecule is CC(C)(CC(N)CC(=O)O)CC1CC1. The molecule has 1 fully saturated rings. The highest BCUT2D eigenvalue weighted by Gasteiger charge is 2.31. The molecule has 1 rings (SSSR count). The van der Waals surface area contributed by atoms with E-state index in [0.717, 1.165) is 12.3 Å². The number of hydrogen-bond acceptors (Lipinski definition) is 2. The molecule has 1 unspecified atom stereocenters. The lowest BCUT2D eigenvalue weighted by Crippen LogP contribution is -2.30. The zero-order valence-electron chi connectivity index (χ0n) is 9.12. The van der Waals surface area contributed by atoms with E-state index < -0.39 is 5.97 Å². The van der Waals surface area contributed by atoms with Gasteiger partial charge in [-0.25, -0.2) is 0 Å². The second-order valence-electron chi connectivity index (χ2n) is 5.37. The predicted octanol–water partition coefficient (Wildman–Crippen LogP) is 2.00. The van der Waals surface area contributed by atoms with Gasteiger partial charge in [0.25, 0.3) is 0 Å². The highest BCUT2D eigenvalue weighted by Crippen LogP contribution is 2.42. The summed E-state index contributed by atoms with van der Waals surface area (Å²) in [6, 6.07) is -0.193. The normalized spacial score (nSPS) is 19.4. The van der Waals surface area contributed by atoms with Crippen LogP contribution in [0.1, 0.15) is 46.0 Å². The van der Waals surface area contributed by atoms with Crippen molar-refractivity contribution in [2.45, 2.75) is 52.0 Å². The van der Waals surface area contributed by atoms with Gasteiger partial charge >= 0.3 is 5.97 Å². The lowest BCUT2D eigenvalue weighted by atomic mass is 9.80. The zero-order valence-corrected chi connectivity index (χ0v) is 9.12. The van der Waals surface area contributed by atoms with E-state index in [0.29, 0.717) is 0 Å². The van der Waals surface area contributed by atoms with Crippen LogP contribution in [0.3, 0.4) is 0 Å². The van der Waals surface area contributed by atoms with Gasteiger partial charge in [-0.1, -0.05) is 26.7 Å². The third kappa shape index (κ3) is 4.61. The minimum Gasteiger partial charge on any atom is -0.481 e. The first-order valence-corrected chi connectivity index (χ1v) is 5.36. The Bertz CT molecular complexity index is 209. The summed E-state index contributed by atoms with van der Waals surface area (Å²) in [5.41, 5.74) is 5.98. The molecule has 0 saturated heterocycles. The van der Waals surface area contributed by atoms with Crippen molar-refractivity contribution >= 4 is 5.97 Å². The molecule has 0 aromatic heterocycles. The van der Waals surface area contributed by atoms with E-state index in [-0.39, 0.29) is 17.9 Å². The summed E-state index contributed by atoms with van der Waals surface area (Å²) in [5.74, 6) is 0.0850. The number of carboxylic acids is 1. The highest BCUT2D eigenvalue weighted by atomic mass is 16.4. The summed E-state index contributed by atoms with van der Waals surface area (Å²) in [7, 11) is 0. The molecule has 0 radical (unpaired) electrons. The van der Waals surface area contributed by atoms with Gasteiger partial charge in [0.05, 0.1) is 6.42 Å². The molecule has 0 aliphatic heterocycles. The van der Waals surface area contributed by atoms with Gasteiger partial charge < -0.3 is 10.8 Å². The molecular formula is C11H21NO2. The standard InChI is InChI=1S/C11H21NO2/c1-11(2,6-8-3-4-8)7-9(12)5-10(13)14/h8-9H,3-7,12H2,1-2H3,(H,13,14). The minimum atomic E-state index is -0.792. The molecule has 1 aliphatic carbocycles. The van der Waals surface area contributed by atoms with E-state index in [4.69, 9.17) is 10.8 Å². The molecule has 0 bridgehead atoms. The van der Waals surface area contributed by atoms with Gasteiger partial charge in [-0.2, -0.15) is 0 Å². The van der Waals surface area contributed by atoms with Crippen molar-refractivity contribution in [2.75, 3.05) is 0 Å². The van der Waals surface area contributed by atoms with Crippen LogP contribution in [0.5, 0.6) is 0 Å². The van der Waals surface area contributed by atoms with Crippen LogP contribution in [0.25, 0.3) is 0 Å². The van der Waals surface area contributed by atoms with E-state index >= 15 is 0 Å². The Kier molecular flexibility index (Phi) is 3.53. The Hall–Kier alpha value is -0.570. The van der Waals surface area contributed by atoms with Crippen LogP contribution in [0.4, 0.5) is 0 Å². The van der Waals surface area contributed by atoms with Crippen LogP contribution in [0, 0.1) is 11.3 Å². The molecule has 0 aromatic carbocycles. The maximum atomic E-state index is 10.5. The minimum absolute atomic E-state index is 0.0914. The van der Waals surface area contributed by atoms with Crippen LogP contribution >= 0.6 is 0 Å². The topological polar surface area (TPSA) is 63.3 Å². The van der Waals surface area contributed by atoms with Crippen LogP contribution in [-0.4, -0.2) is 17.1 Å². The number of nitrogens with two attached hydrogens (primary N) is 1. The third-order valence-electron chi connectivity index (χ3n) is 2.79. The van der Waals surface area contributed by atoms with Gasteiger partial charge in [0.1, 0.15) is 0 Å². The number of hydrogen-bond donors (Lipinski definition) is 2. The van der Waals surface area contributed by atoms with Crippen molar-refractivity contribution in [1.29, 1.82) is 0 Å². The number of carboxylic acid groups (broad SMARTS) is 1. The maximum Gasteiger partial charge on any atom is 0.304 e. The molecule has 3 nitrogen and oxygen atoms in total. The average Bonchev–Trinajstić information content (AvgIpc) is 2.65. The zero-order chi connectivity index (χ0) is 10.8. The first kappa shape index (κ1) is 11.5. The summed E-state index contributed by atoms with van der Waals surface area (Å²) < 4.78 is 0. The molecule has 0 amide bonds. The van der Waals surface area contributed by atoms with Crippen molar-refractivity contribution in [3.8, 4) is 0 Å². The number of carbonyl (C=O) groups is 1. The van der Waals surface area contributed by atoms with E-state index in [1.165, 1.54) is 19.3 Å². The van der Waals surface area contributed by atoms with Crippen LogP contribution in [0.15, 0.2) is 0 Å². The molecule has 3 N–H and O–H groups in total. The van der Waals surface area contributed by atoms with Crippen molar-refractivity contribution in [2.24, 2.45) is 17.1 Å². The molecule has 1 aliphatic rings. The third-order valence-corrected chi connectivity index (χ3v) is 2.79. The van der Waals surface area contributed by atoms with E-state index in [1.807, 2.05) is 0 Å². The van der Waals surface area contributed by atoms with Crippen LogP contribution < -0.4 is 5.73 Å². The van der Waals surface area contributed by atoms with Gasteiger partial charge in [-0.3, -0.25) is 4.79 Å². The molecule has 0 aromatic rings. The highest BCUT2D eigenvalue weighted by molar-refractivity contribution is 5.67. The van der Waals surface area contributed by atoms with E-state index in [2.05, 4.69) is 13.8 Å². The Balaban J connectivity index is 2.28. The Morgan fingerprint density at radius 2 is 2.14 bits per heavy atom. The number of aliphatic carboxylic acids is 1. The predicted molar refractivity (Wildman–Crippen MR) is 56.0 cm³/mol. The lowest BCUT2D eigenvalue weighted by Gasteiger charge is -2.27. The Morgan fingerprint density at radius 1 is 1.57 bits per heavy atom. The fourth-order valence-corrected chi connectivity index (χ4v) is 2.19. The second kappa shape index (κ2) is 4.30.